The Kier molecular flexibility index (Phi) is 4.68. The summed E-state index contributed by atoms with van der Waals surface area (Å²) in [5, 5.41) is 4.84. The van der Waals surface area contributed by atoms with Crippen LogP contribution in [0, 0.1) is 0 Å². The molecule has 1 heterocycles. The number of nitrogens with two attached hydrogens (primary N) is 1. The molecule has 0 aliphatic heterocycles. The Morgan fingerprint density at radius 2 is 2.37 bits per heavy atom. The monoisotopic (exact) mass is 313 g/mol. The third-order valence-corrected chi connectivity index (χ3v) is 4.64. The number of hydrogen-bond acceptors (Lipinski definition) is 5. The Labute approximate surface area is 124 Å². The summed E-state index contributed by atoms with van der Waals surface area (Å²) in [5.74, 6) is -0.119. The van der Waals surface area contributed by atoms with Crippen molar-refractivity contribution >= 4 is 52.0 Å². The standard InChI is InChI=1S/C12H12ClN3OS2/c1-7(19-12-15-4-5-18-12)11(17)16-10-3-2-8(14)6-9(10)13/h2-7H,14H2,1H3,(H,16,17). The topological polar surface area (TPSA) is 68.0 Å². The fourth-order valence-electron chi connectivity index (χ4n) is 1.34. The van der Waals surface area contributed by atoms with Crippen molar-refractivity contribution in [1.82, 2.24) is 4.98 Å². The van der Waals surface area contributed by atoms with E-state index in [0.29, 0.717) is 16.4 Å². The molecule has 0 aliphatic rings. The maximum absolute atomic E-state index is 12.0. The van der Waals surface area contributed by atoms with E-state index in [1.807, 2.05) is 12.3 Å². The largest absolute Gasteiger partial charge is 0.399 e. The first-order chi connectivity index (χ1) is 9.06. The minimum Gasteiger partial charge on any atom is -0.399 e. The molecule has 100 valence electrons. The highest BCUT2D eigenvalue weighted by atomic mass is 35.5. The summed E-state index contributed by atoms with van der Waals surface area (Å²) in [7, 11) is 0. The van der Waals surface area contributed by atoms with Gasteiger partial charge in [-0.2, -0.15) is 0 Å². The second-order valence-corrected chi connectivity index (χ2v) is 6.68. The Morgan fingerprint density at radius 1 is 1.58 bits per heavy atom. The molecule has 1 atom stereocenters. The van der Waals surface area contributed by atoms with Crippen LogP contribution in [0.1, 0.15) is 6.92 Å². The summed E-state index contributed by atoms with van der Waals surface area (Å²) in [6, 6.07) is 4.99. The number of benzene rings is 1. The summed E-state index contributed by atoms with van der Waals surface area (Å²) in [6.07, 6.45) is 1.72. The lowest BCUT2D eigenvalue weighted by Crippen LogP contribution is -2.22. The number of hydrogen-bond donors (Lipinski definition) is 2. The number of thioether (sulfide) groups is 1. The van der Waals surface area contributed by atoms with Gasteiger partial charge in [0.1, 0.15) is 0 Å². The van der Waals surface area contributed by atoms with Crippen LogP contribution in [0.4, 0.5) is 11.4 Å². The van der Waals surface area contributed by atoms with Gasteiger partial charge in [0.2, 0.25) is 5.91 Å². The van der Waals surface area contributed by atoms with Crippen molar-refractivity contribution in [3.8, 4) is 0 Å². The number of aromatic nitrogens is 1. The quantitative estimate of drug-likeness (QED) is 0.669. The van der Waals surface area contributed by atoms with Crippen molar-refractivity contribution in [3.05, 3.63) is 34.8 Å². The fraction of sp³-hybridized carbons (Fsp3) is 0.167. The van der Waals surface area contributed by atoms with E-state index in [2.05, 4.69) is 10.3 Å². The normalized spacial score (nSPS) is 12.1. The number of halogens is 1. The van der Waals surface area contributed by atoms with Crippen LogP contribution in [0.25, 0.3) is 0 Å². The van der Waals surface area contributed by atoms with E-state index in [9.17, 15) is 4.79 Å². The molecule has 0 bridgehead atoms. The highest BCUT2D eigenvalue weighted by Gasteiger charge is 2.16. The molecule has 0 saturated carbocycles. The number of amides is 1. The molecule has 4 nitrogen and oxygen atoms in total. The zero-order valence-corrected chi connectivity index (χ0v) is 12.5. The number of anilines is 2. The van der Waals surface area contributed by atoms with Crippen molar-refractivity contribution in [2.75, 3.05) is 11.1 Å². The van der Waals surface area contributed by atoms with Crippen LogP contribution in [0.3, 0.4) is 0 Å². The average molecular weight is 314 g/mol. The van der Waals surface area contributed by atoms with Gasteiger partial charge in [-0.05, 0) is 25.1 Å². The summed E-state index contributed by atoms with van der Waals surface area (Å²) < 4.78 is 0.867. The van der Waals surface area contributed by atoms with Gasteiger partial charge >= 0.3 is 0 Å². The van der Waals surface area contributed by atoms with Crippen LogP contribution in [0.5, 0.6) is 0 Å². The summed E-state index contributed by atoms with van der Waals surface area (Å²) >= 11 is 8.93. The molecule has 1 unspecified atom stereocenters. The molecule has 2 rings (SSSR count). The van der Waals surface area contributed by atoms with Crippen LogP contribution >= 0.6 is 34.7 Å². The molecule has 1 amide bonds. The molecule has 0 fully saturated rings. The van der Waals surface area contributed by atoms with Gasteiger partial charge < -0.3 is 11.1 Å². The number of carbonyl (C=O) groups is 1. The molecular formula is C12H12ClN3OS2. The van der Waals surface area contributed by atoms with E-state index in [1.165, 1.54) is 23.1 Å². The summed E-state index contributed by atoms with van der Waals surface area (Å²) in [5.41, 5.74) is 6.73. The molecule has 2 aromatic rings. The lowest BCUT2D eigenvalue weighted by atomic mass is 10.2. The number of nitrogens with zero attached hydrogens (tertiary/aromatic N) is 1. The van der Waals surface area contributed by atoms with E-state index in [-0.39, 0.29) is 11.2 Å². The second kappa shape index (κ2) is 6.27. The molecule has 3 N–H and O–H groups in total. The van der Waals surface area contributed by atoms with Gasteiger partial charge in [-0.15, -0.1) is 11.3 Å². The number of carbonyl (C=O) groups excluding carboxylic acids is 1. The van der Waals surface area contributed by atoms with Crippen molar-refractivity contribution in [3.63, 3.8) is 0 Å². The predicted octanol–water partition coefficient (Wildman–Crippen LogP) is 3.50. The third kappa shape index (κ3) is 3.86. The number of nitrogens with one attached hydrogen (secondary N) is 1. The van der Waals surface area contributed by atoms with Gasteiger partial charge in [0.25, 0.3) is 0 Å². The van der Waals surface area contributed by atoms with E-state index >= 15 is 0 Å². The molecule has 0 spiro atoms. The number of rotatable bonds is 4. The van der Waals surface area contributed by atoms with E-state index in [0.717, 1.165) is 4.34 Å². The Hall–Kier alpha value is -1.24. The third-order valence-electron chi connectivity index (χ3n) is 2.31. The SMILES string of the molecule is CC(Sc1nccs1)C(=O)Nc1ccc(N)cc1Cl. The molecule has 7 heteroatoms. The maximum atomic E-state index is 12.0. The lowest BCUT2D eigenvalue weighted by molar-refractivity contribution is -0.115. The summed E-state index contributed by atoms with van der Waals surface area (Å²) in [6.45, 7) is 1.83. The summed E-state index contributed by atoms with van der Waals surface area (Å²) in [4.78, 5) is 16.2. The molecule has 0 radical (unpaired) electrons. The highest BCUT2D eigenvalue weighted by molar-refractivity contribution is 8.02. The van der Waals surface area contributed by atoms with Gasteiger partial charge in [-0.3, -0.25) is 4.79 Å². The molecular weight excluding hydrogens is 302 g/mol. The van der Waals surface area contributed by atoms with Gasteiger partial charge in [-0.25, -0.2) is 4.98 Å². The van der Waals surface area contributed by atoms with Crippen molar-refractivity contribution in [2.24, 2.45) is 0 Å². The molecule has 19 heavy (non-hydrogen) atoms. The second-order valence-electron chi connectivity index (χ2n) is 3.79. The van der Waals surface area contributed by atoms with Gasteiger partial charge in [-0.1, -0.05) is 23.4 Å². The Balaban J connectivity index is 2.00. The number of nitrogen functional groups attached to an aromatic ring is 1. The van der Waals surface area contributed by atoms with Gasteiger partial charge in [0.05, 0.1) is 16.0 Å². The van der Waals surface area contributed by atoms with Gasteiger partial charge in [0, 0.05) is 17.3 Å². The average Bonchev–Trinajstić information content (AvgIpc) is 2.85. The minimum absolute atomic E-state index is 0.119. The lowest BCUT2D eigenvalue weighted by Gasteiger charge is -2.11. The van der Waals surface area contributed by atoms with Crippen LogP contribution in [-0.2, 0) is 4.79 Å². The zero-order valence-electron chi connectivity index (χ0n) is 10.1. The van der Waals surface area contributed by atoms with Crippen LogP contribution in [0.2, 0.25) is 5.02 Å². The molecule has 0 saturated heterocycles. The van der Waals surface area contributed by atoms with Crippen molar-refractivity contribution in [2.45, 2.75) is 16.5 Å². The molecule has 0 aliphatic carbocycles. The van der Waals surface area contributed by atoms with Crippen LogP contribution in [0.15, 0.2) is 34.1 Å². The molecule has 1 aromatic carbocycles. The first kappa shape index (κ1) is 14.2. The van der Waals surface area contributed by atoms with Crippen LogP contribution < -0.4 is 11.1 Å². The van der Waals surface area contributed by atoms with Crippen molar-refractivity contribution in [1.29, 1.82) is 0 Å². The predicted molar refractivity (Wildman–Crippen MR) is 81.9 cm³/mol. The maximum Gasteiger partial charge on any atom is 0.237 e. The molecule has 1 aromatic heterocycles. The van der Waals surface area contributed by atoms with Crippen molar-refractivity contribution < 1.29 is 4.79 Å². The Morgan fingerprint density at radius 3 is 3.00 bits per heavy atom. The first-order valence-corrected chi connectivity index (χ1v) is 7.62. The Bertz CT molecular complexity index is 574. The van der Waals surface area contributed by atoms with Gasteiger partial charge in [0.15, 0.2) is 4.34 Å². The highest BCUT2D eigenvalue weighted by Crippen LogP contribution is 2.28. The van der Waals surface area contributed by atoms with Crippen LogP contribution in [-0.4, -0.2) is 16.1 Å². The van der Waals surface area contributed by atoms with E-state index in [1.54, 1.807) is 24.4 Å². The number of thiazole rings is 1. The smallest absolute Gasteiger partial charge is 0.237 e. The fourth-order valence-corrected chi connectivity index (χ4v) is 3.35. The first-order valence-electron chi connectivity index (χ1n) is 5.48. The van der Waals surface area contributed by atoms with E-state index < -0.39 is 0 Å². The zero-order chi connectivity index (χ0) is 13.8. The minimum atomic E-state index is -0.250. The van der Waals surface area contributed by atoms with E-state index in [4.69, 9.17) is 17.3 Å².